The van der Waals surface area contributed by atoms with E-state index < -0.39 is 10.0 Å². The molecule has 37 heavy (non-hydrogen) atoms. The van der Waals surface area contributed by atoms with E-state index in [1.54, 1.807) is 30.3 Å². The lowest BCUT2D eigenvalue weighted by molar-refractivity contribution is -0.135. The van der Waals surface area contributed by atoms with Crippen molar-refractivity contribution in [2.24, 2.45) is 0 Å². The summed E-state index contributed by atoms with van der Waals surface area (Å²) in [6.45, 7) is 4.48. The van der Waals surface area contributed by atoms with Crippen molar-refractivity contribution >= 4 is 27.5 Å². The molecule has 6 nitrogen and oxygen atoms in total. The summed E-state index contributed by atoms with van der Waals surface area (Å²) in [6, 6.07) is 19.9. The van der Waals surface area contributed by atoms with Crippen molar-refractivity contribution in [1.82, 2.24) is 13.8 Å². The van der Waals surface area contributed by atoms with E-state index >= 15 is 0 Å². The Hall–Kier alpha value is -2.61. The number of nitrogens with zero attached hydrogens (tertiary/aromatic N) is 3. The van der Waals surface area contributed by atoms with Crippen molar-refractivity contribution < 1.29 is 13.2 Å². The Morgan fingerprint density at radius 3 is 2.32 bits per heavy atom. The van der Waals surface area contributed by atoms with Crippen LogP contribution in [0.1, 0.15) is 57.2 Å². The van der Waals surface area contributed by atoms with E-state index in [9.17, 15) is 13.2 Å². The molecule has 4 rings (SSSR count). The van der Waals surface area contributed by atoms with Gasteiger partial charge < -0.3 is 9.47 Å². The van der Waals surface area contributed by atoms with Crippen molar-refractivity contribution in [3.63, 3.8) is 0 Å². The van der Waals surface area contributed by atoms with Gasteiger partial charge in [-0.05, 0) is 62.6 Å². The molecule has 0 atom stereocenters. The van der Waals surface area contributed by atoms with Gasteiger partial charge in [0.15, 0.2) is 0 Å². The van der Waals surface area contributed by atoms with Crippen LogP contribution in [0.5, 0.6) is 0 Å². The first-order valence-electron chi connectivity index (χ1n) is 13.0. The van der Waals surface area contributed by atoms with Crippen LogP contribution < -0.4 is 0 Å². The number of rotatable bonds is 10. The molecule has 0 N–H and O–H groups in total. The predicted molar refractivity (Wildman–Crippen MR) is 148 cm³/mol. The lowest BCUT2D eigenvalue weighted by Gasteiger charge is -2.36. The molecule has 198 valence electrons. The number of aromatic nitrogens is 1. The van der Waals surface area contributed by atoms with Gasteiger partial charge in [-0.2, -0.15) is 4.31 Å². The van der Waals surface area contributed by atoms with E-state index in [1.807, 2.05) is 61.3 Å². The van der Waals surface area contributed by atoms with Crippen molar-refractivity contribution in [3.8, 4) is 0 Å². The zero-order chi connectivity index (χ0) is 26.4. The van der Waals surface area contributed by atoms with E-state index in [4.69, 9.17) is 11.6 Å². The number of benzene rings is 2. The van der Waals surface area contributed by atoms with Crippen LogP contribution in [0.25, 0.3) is 0 Å². The lowest BCUT2D eigenvalue weighted by atomic mass is 9.94. The number of sulfonamides is 1. The van der Waals surface area contributed by atoms with Gasteiger partial charge in [0.2, 0.25) is 15.9 Å². The Morgan fingerprint density at radius 2 is 1.65 bits per heavy atom. The van der Waals surface area contributed by atoms with Crippen molar-refractivity contribution in [2.45, 2.75) is 76.0 Å². The summed E-state index contributed by atoms with van der Waals surface area (Å²) in [5.74, 6) is -0.161. The maximum atomic E-state index is 13.9. The number of carbonyl (C=O) groups excluding carboxylic acids is 1. The Morgan fingerprint density at radius 1 is 0.973 bits per heavy atom. The third-order valence-corrected chi connectivity index (χ3v) is 9.51. The van der Waals surface area contributed by atoms with E-state index in [-0.39, 0.29) is 29.4 Å². The maximum Gasteiger partial charge on any atom is 0.243 e. The molecular weight excluding hydrogens is 506 g/mol. The van der Waals surface area contributed by atoms with Crippen molar-refractivity contribution in [3.05, 3.63) is 89.2 Å². The van der Waals surface area contributed by atoms with Crippen LogP contribution in [0.4, 0.5) is 0 Å². The summed E-state index contributed by atoms with van der Waals surface area (Å²) in [5, 5.41) is 0.709. The highest BCUT2D eigenvalue weighted by atomic mass is 35.5. The molecule has 1 aliphatic carbocycles. The lowest BCUT2D eigenvalue weighted by Crippen LogP contribution is -2.49. The molecule has 0 unspecified atom stereocenters. The SMILES string of the molecule is CC(C)N(CC(=O)N(Cc1cccn1Cc1ccccc1Cl)C1CCCCC1)S(=O)(=O)c1ccccc1. The van der Waals surface area contributed by atoms with Crippen LogP contribution in [-0.2, 0) is 27.9 Å². The van der Waals surface area contributed by atoms with Gasteiger partial charge in [-0.1, -0.05) is 67.3 Å². The molecule has 0 saturated heterocycles. The van der Waals surface area contributed by atoms with E-state index in [0.717, 1.165) is 36.9 Å². The summed E-state index contributed by atoms with van der Waals surface area (Å²) in [4.78, 5) is 16.0. The van der Waals surface area contributed by atoms with Crippen LogP contribution in [0, 0.1) is 0 Å². The number of carbonyl (C=O) groups is 1. The van der Waals surface area contributed by atoms with Crippen molar-refractivity contribution in [2.75, 3.05) is 6.54 Å². The second kappa shape index (κ2) is 12.3. The molecule has 8 heteroatoms. The molecule has 3 aromatic rings. The Bertz CT molecular complexity index is 1280. The summed E-state index contributed by atoms with van der Waals surface area (Å²) < 4.78 is 30.3. The fourth-order valence-corrected chi connectivity index (χ4v) is 6.85. The fraction of sp³-hybridized carbons (Fsp3) is 0.414. The standard InChI is InChI=1S/C29H36ClN3O3S/c1-23(2)33(37(35,36)27-16-7-4-8-17-27)22-29(34)32(25-13-5-3-6-14-25)21-26-15-11-19-31(26)20-24-12-9-10-18-28(24)30/h4,7-12,15-19,23,25H,3,5-6,13-14,20-22H2,1-2H3. The molecule has 0 bridgehead atoms. The van der Waals surface area contributed by atoms with Gasteiger partial charge in [0, 0.05) is 35.5 Å². The maximum absolute atomic E-state index is 13.9. The van der Waals surface area contributed by atoms with Gasteiger partial charge in [0.05, 0.1) is 18.0 Å². The van der Waals surface area contributed by atoms with Gasteiger partial charge in [-0.25, -0.2) is 8.42 Å². The number of halogens is 1. The number of amides is 1. The topological polar surface area (TPSA) is 62.6 Å². The van der Waals surface area contributed by atoms with Gasteiger partial charge in [-0.15, -0.1) is 0 Å². The average Bonchev–Trinajstić information content (AvgIpc) is 3.34. The van der Waals surface area contributed by atoms with Gasteiger partial charge in [-0.3, -0.25) is 4.79 Å². The Balaban J connectivity index is 1.59. The smallest absolute Gasteiger partial charge is 0.243 e. The second-order valence-corrected chi connectivity index (χ2v) is 12.3. The van der Waals surface area contributed by atoms with E-state index in [2.05, 4.69) is 4.57 Å². The largest absolute Gasteiger partial charge is 0.345 e. The first-order chi connectivity index (χ1) is 17.8. The summed E-state index contributed by atoms with van der Waals surface area (Å²) in [6.07, 6.45) is 7.19. The molecule has 0 aliphatic heterocycles. The number of hydrogen-bond acceptors (Lipinski definition) is 3. The predicted octanol–water partition coefficient (Wildman–Crippen LogP) is 5.95. The van der Waals surface area contributed by atoms with Crippen molar-refractivity contribution in [1.29, 1.82) is 0 Å². The highest BCUT2D eigenvalue weighted by Crippen LogP contribution is 2.26. The first kappa shape index (κ1) is 27.4. The monoisotopic (exact) mass is 541 g/mol. The van der Waals surface area contributed by atoms with Crippen LogP contribution in [0.15, 0.2) is 77.8 Å². The third kappa shape index (κ3) is 6.64. The molecule has 1 aliphatic rings. The molecule has 2 aromatic carbocycles. The molecule has 1 fully saturated rings. The zero-order valence-electron chi connectivity index (χ0n) is 21.6. The summed E-state index contributed by atoms with van der Waals surface area (Å²) in [7, 11) is -3.81. The Kier molecular flexibility index (Phi) is 9.11. The first-order valence-corrected chi connectivity index (χ1v) is 14.8. The highest BCUT2D eigenvalue weighted by molar-refractivity contribution is 7.89. The molecule has 1 saturated carbocycles. The van der Waals surface area contributed by atoms with Crippen LogP contribution in [0.2, 0.25) is 5.02 Å². The van der Waals surface area contributed by atoms with Gasteiger partial charge >= 0.3 is 0 Å². The fourth-order valence-electron chi connectivity index (χ4n) is 5.04. The third-order valence-electron chi connectivity index (χ3n) is 7.11. The molecule has 0 radical (unpaired) electrons. The van der Waals surface area contributed by atoms with Gasteiger partial charge in [0.25, 0.3) is 0 Å². The van der Waals surface area contributed by atoms with E-state index in [1.165, 1.54) is 10.7 Å². The molecule has 1 amide bonds. The zero-order valence-corrected chi connectivity index (χ0v) is 23.2. The molecule has 1 heterocycles. The van der Waals surface area contributed by atoms with Gasteiger partial charge in [0.1, 0.15) is 0 Å². The van der Waals surface area contributed by atoms with E-state index in [0.29, 0.717) is 18.1 Å². The molecular formula is C29H36ClN3O3S. The minimum absolute atomic E-state index is 0.0957. The van der Waals surface area contributed by atoms with Crippen LogP contribution in [-0.4, -0.2) is 46.7 Å². The normalized spacial score (nSPS) is 14.8. The summed E-state index contributed by atoms with van der Waals surface area (Å²) >= 11 is 6.41. The highest BCUT2D eigenvalue weighted by Gasteiger charge is 2.33. The quantitative estimate of drug-likeness (QED) is 0.318. The minimum atomic E-state index is -3.81. The minimum Gasteiger partial charge on any atom is -0.345 e. The summed E-state index contributed by atoms with van der Waals surface area (Å²) in [5.41, 5.74) is 2.01. The average molecular weight is 542 g/mol. The van der Waals surface area contributed by atoms with Crippen LogP contribution in [0.3, 0.4) is 0 Å². The number of hydrogen-bond donors (Lipinski definition) is 0. The Labute approximate surface area is 225 Å². The second-order valence-electron chi connectivity index (χ2n) is 9.99. The van der Waals surface area contributed by atoms with Crippen LogP contribution >= 0.6 is 11.6 Å². The molecule has 1 aromatic heterocycles. The molecule has 0 spiro atoms.